The van der Waals surface area contributed by atoms with Gasteiger partial charge in [0.25, 0.3) is 0 Å². The minimum atomic E-state index is -0.303. The predicted molar refractivity (Wildman–Crippen MR) is 84.4 cm³/mol. The monoisotopic (exact) mass is 330 g/mol. The van der Waals surface area contributed by atoms with Crippen molar-refractivity contribution in [2.75, 3.05) is 13.2 Å². The van der Waals surface area contributed by atoms with Gasteiger partial charge in [0.15, 0.2) is 37.9 Å². The van der Waals surface area contributed by atoms with Crippen LogP contribution in [0.5, 0.6) is 0 Å². The van der Waals surface area contributed by atoms with E-state index in [1.165, 1.54) is 0 Å². The molecule has 6 heteroatoms. The van der Waals surface area contributed by atoms with Gasteiger partial charge in [0, 0.05) is 24.3 Å². The first-order valence-corrected chi connectivity index (χ1v) is 7.93. The van der Waals surface area contributed by atoms with Crippen molar-refractivity contribution in [1.29, 1.82) is 0 Å². The summed E-state index contributed by atoms with van der Waals surface area (Å²) in [6.07, 6.45) is 8.12. The van der Waals surface area contributed by atoms with Crippen molar-refractivity contribution in [3.63, 3.8) is 0 Å². The molecule has 0 amide bonds. The van der Waals surface area contributed by atoms with Crippen molar-refractivity contribution < 1.29 is 28.2 Å². The van der Waals surface area contributed by atoms with Gasteiger partial charge in [0.1, 0.15) is 26.1 Å². The summed E-state index contributed by atoms with van der Waals surface area (Å²) in [7, 11) is 0. The summed E-state index contributed by atoms with van der Waals surface area (Å²) in [5.74, 6) is -0.607. The van der Waals surface area contributed by atoms with E-state index in [0.29, 0.717) is 13.1 Å². The van der Waals surface area contributed by atoms with E-state index in [0.717, 1.165) is 0 Å². The number of hydrogen-bond acceptors (Lipinski definition) is 4. The normalized spacial score (nSPS) is 10.2. The fourth-order valence-corrected chi connectivity index (χ4v) is 2.06. The van der Waals surface area contributed by atoms with Gasteiger partial charge in [-0.1, -0.05) is 12.1 Å². The molecule has 0 aliphatic rings. The number of pyridine rings is 2. The quantitative estimate of drug-likeness (QED) is 0.388. The van der Waals surface area contributed by atoms with Crippen LogP contribution in [0.2, 0.25) is 0 Å². The molecule has 0 aliphatic carbocycles. The third-order valence-corrected chi connectivity index (χ3v) is 3.31. The van der Waals surface area contributed by atoms with Gasteiger partial charge in [0.05, 0.1) is 0 Å². The summed E-state index contributed by atoms with van der Waals surface area (Å²) < 4.78 is 13.9. The molecule has 2 heterocycles. The smallest absolute Gasteiger partial charge is 0.312 e. The Hall–Kier alpha value is -2.76. The first-order chi connectivity index (χ1) is 11.7. The minimum Gasteiger partial charge on any atom is -0.462 e. The minimum absolute atomic E-state index is 0.0858. The number of nitrogens with zero attached hydrogens (tertiary/aromatic N) is 2. The topological polar surface area (TPSA) is 60.4 Å². The van der Waals surface area contributed by atoms with E-state index < -0.39 is 0 Å². The lowest BCUT2D eigenvalue weighted by Gasteiger charge is -2.05. The highest BCUT2D eigenvalue weighted by Gasteiger charge is 2.09. The number of hydrogen-bond donors (Lipinski definition) is 0. The van der Waals surface area contributed by atoms with E-state index in [1.807, 2.05) is 70.3 Å². The second-order valence-corrected chi connectivity index (χ2v) is 5.17. The van der Waals surface area contributed by atoms with Crippen molar-refractivity contribution in [3.05, 3.63) is 61.2 Å². The van der Waals surface area contributed by atoms with E-state index in [1.54, 1.807) is 0 Å². The van der Waals surface area contributed by atoms with Crippen LogP contribution in [-0.4, -0.2) is 25.2 Å². The van der Waals surface area contributed by atoms with Gasteiger partial charge in [-0.25, -0.2) is 9.13 Å². The Kier molecular flexibility index (Phi) is 7.40. The first-order valence-electron chi connectivity index (χ1n) is 7.93. The average Bonchev–Trinajstić information content (AvgIpc) is 2.63. The molecule has 0 radical (unpaired) electrons. The molecule has 0 bridgehead atoms. The van der Waals surface area contributed by atoms with Crippen LogP contribution in [0.4, 0.5) is 0 Å². The number of aromatic nitrogens is 2. The zero-order valence-corrected chi connectivity index (χ0v) is 13.5. The maximum absolute atomic E-state index is 11.6. The Morgan fingerprint density at radius 3 is 1.38 bits per heavy atom. The summed E-state index contributed by atoms with van der Waals surface area (Å²) in [6.45, 7) is 1.30. The lowest BCUT2D eigenvalue weighted by Crippen LogP contribution is -2.34. The van der Waals surface area contributed by atoms with Crippen LogP contribution in [0.3, 0.4) is 0 Å². The molecule has 126 valence electrons. The Morgan fingerprint density at radius 2 is 1.00 bits per heavy atom. The van der Waals surface area contributed by atoms with Crippen LogP contribution in [0.25, 0.3) is 0 Å². The molecule has 2 aromatic heterocycles. The van der Waals surface area contributed by atoms with Crippen LogP contribution in [-0.2, 0) is 32.2 Å². The van der Waals surface area contributed by atoms with E-state index in [2.05, 4.69) is 0 Å². The van der Waals surface area contributed by atoms with Crippen LogP contribution in [0.1, 0.15) is 12.8 Å². The standard InChI is InChI=1S/C18H22N2O4/c21-17(7-13-19-9-3-1-4-10-19)23-15-16-24-18(22)8-14-20-11-5-2-6-12-20/h1-6,9-12H,7-8,13-16H2/q+2. The summed E-state index contributed by atoms with van der Waals surface area (Å²) in [6, 6.07) is 11.4. The van der Waals surface area contributed by atoms with Crippen molar-refractivity contribution >= 4 is 11.9 Å². The number of carbonyl (C=O) groups excluding carboxylic acids is 2. The van der Waals surface area contributed by atoms with Gasteiger partial charge >= 0.3 is 11.9 Å². The third-order valence-electron chi connectivity index (χ3n) is 3.31. The number of esters is 2. The van der Waals surface area contributed by atoms with Gasteiger partial charge in [-0.3, -0.25) is 9.59 Å². The fourth-order valence-electron chi connectivity index (χ4n) is 2.06. The summed E-state index contributed by atoms with van der Waals surface area (Å²) in [5, 5.41) is 0. The van der Waals surface area contributed by atoms with Gasteiger partial charge in [-0.05, 0) is 0 Å². The zero-order valence-electron chi connectivity index (χ0n) is 13.5. The largest absolute Gasteiger partial charge is 0.462 e. The second-order valence-electron chi connectivity index (χ2n) is 5.17. The van der Waals surface area contributed by atoms with E-state index in [9.17, 15) is 9.59 Å². The highest BCUT2D eigenvalue weighted by Crippen LogP contribution is 1.91. The predicted octanol–water partition coefficient (Wildman–Crippen LogP) is 0.828. The van der Waals surface area contributed by atoms with Gasteiger partial charge < -0.3 is 9.47 Å². The number of rotatable bonds is 9. The van der Waals surface area contributed by atoms with E-state index >= 15 is 0 Å². The Labute approximate surface area is 141 Å². The zero-order chi connectivity index (χ0) is 17.0. The Balaban J connectivity index is 1.52. The summed E-state index contributed by atoms with van der Waals surface area (Å²) in [5.41, 5.74) is 0. The van der Waals surface area contributed by atoms with Crippen molar-refractivity contribution in [3.8, 4) is 0 Å². The van der Waals surface area contributed by atoms with Crippen molar-refractivity contribution in [2.24, 2.45) is 0 Å². The fraction of sp³-hybridized carbons (Fsp3) is 0.333. The molecule has 2 rings (SSSR count). The molecule has 0 unspecified atom stereocenters. The summed E-state index contributed by atoms with van der Waals surface area (Å²) in [4.78, 5) is 23.2. The molecule has 6 nitrogen and oxygen atoms in total. The van der Waals surface area contributed by atoms with E-state index in [4.69, 9.17) is 9.47 Å². The molecule has 0 saturated heterocycles. The molecule has 2 aromatic rings. The lowest BCUT2D eigenvalue weighted by molar-refractivity contribution is -0.696. The SMILES string of the molecule is O=C(CC[n+]1ccccc1)OCCOC(=O)CC[n+]1ccccc1. The average molecular weight is 330 g/mol. The van der Waals surface area contributed by atoms with Crippen LogP contribution in [0, 0.1) is 0 Å². The Morgan fingerprint density at radius 1 is 0.625 bits per heavy atom. The number of carbonyl (C=O) groups is 2. The number of aryl methyl sites for hydroxylation is 2. The summed E-state index contributed by atoms with van der Waals surface area (Å²) >= 11 is 0. The van der Waals surface area contributed by atoms with Gasteiger partial charge in [-0.2, -0.15) is 0 Å². The molecule has 0 fully saturated rings. The molecule has 24 heavy (non-hydrogen) atoms. The molecule has 0 aliphatic heterocycles. The third kappa shape index (κ3) is 7.00. The van der Waals surface area contributed by atoms with Crippen LogP contribution in [0.15, 0.2) is 61.2 Å². The van der Waals surface area contributed by atoms with Crippen molar-refractivity contribution in [1.82, 2.24) is 0 Å². The molecule has 0 aromatic carbocycles. The molecular formula is C18H22N2O4+2. The maximum Gasteiger partial charge on any atom is 0.312 e. The van der Waals surface area contributed by atoms with Crippen LogP contribution >= 0.6 is 0 Å². The molecular weight excluding hydrogens is 308 g/mol. The highest BCUT2D eigenvalue weighted by atomic mass is 16.6. The lowest BCUT2D eigenvalue weighted by atomic mass is 10.4. The first kappa shape index (κ1) is 17.6. The molecule has 0 spiro atoms. The molecule has 0 saturated carbocycles. The Bertz CT molecular complexity index is 574. The maximum atomic E-state index is 11.6. The highest BCUT2D eigenvalue weighted by molar-refractivity contribution is 5.69. The van der Waals surface area contributed by atoms with E-state index in [-0.39, 0.29) is 38.0 Å². The van der Waals surface area contributed by atoms with Crippen molar-refractivity contribution in [2.45, 2.75) is 25.9 Å². The molecule has 0 N–H and O–H groups in total. The number of ether oxygens (including phenoxy) is 2. The van der Waals surface area contributed by atoms with Gasteiger partial charge in [-0.15, -0.1) is 0 Å². The van der Waals surface area contributed by atoms with Crippen LogP contribution < -0.4 is 9.13 Å². The van der Waals surface area contributed by atoms with Gasteiger partial charge in [0.2, 0.25) is 0 Å². The molecule has 0 atom stereocenters. The second kappa shape index (κ2) is 10.1.